The van der Waals surface area contributed by atoms with Gasteiger partial charge in [-0.2, -0.15) is 0 Å². The molecule has 134 valence electrons. The van der Waals surface area contributed by atoms with Crippen LogP contribution in [0, 0.1) is 0 Å². The Morgan fingerprint density at radius 1 is 0.960 bits per heavy atom. The van der Waals surface area contributed by atoms with Crippen LogP contribution in [0.5, 0.6) is 0 Å². The molecular formula is C19H23O4PS. The molecule has 1 atom stereocenters. The van der Waals surface area contributed by atoms with E-state index < -0.39 is 6.80 Å². The van der Waals surface area contributed by atoms with Crippen molar-refractivity contribution in [3.63, 3.8) is 0 Å². The zero-order valence-corrected chi connectivity index (χ0v) is 16.2. The fraction of sp³-hybridized carbons (Fsp3) is 0.316. The second kappa shape index (κ2) is 9.93. The molecule has 0 bridgehead atoms. The molecule has 0 aliphatic rings. The van der Waals surface area contributed by atoms with Crippen molar-refractivity contribution in [2.75, 3.05) is 13.2 Å². The maximum Gasteiger partial charge on any atom is 0.389 e. The van der Waals surface area contributed by atoms with E-state index >= 15 is 0 Å². The topological polar surface area (TPSA) is 52.6 Å². The minimum atomic E-state index is -3.32. The highest BCUT2D eigenvalue weighted by Crippen LogP contribution is 2.66. The highest BCUT2D eigenvalue weighted by molar-refractivity contribution is 8.55. The van der Waals surface area contributed by atoms with Crippen molar-refractivity contribution in [1.82, 2.24) is 0 Å². The van der Waals surface area contributed by atoms with Crippen molar-refractivity contribution >= 4 is 24.0 Å². The monoisotopic (exact) mass is 378 g/mol. The number of hydrogen-bond donors (Lipinski definition) is 0. The Kier molecular flexibility index (Phi) is 7.91. The molecule has 0 fully saturated rings. The van der Waals surface area contributed by atoms with E-state index in [-0.39, 0.29) is 17.5 Å². The highest BCUT2D eigenvalue weighted by atomic mass is 32.7. The Balaban J connectivity index is 2.24. The Morgan fingerprint density at radius 2 is 1.48 bits per heavy atom. The SMILES string of the molecule is CCOP(=O)(OCC)S[C@H](CC(=O)c1ccccc1)c1ccccc1. The van der Waals surface area contributed by atoms with Gasteiger partial charge in [0.15, 0.2) is 5.78 Å². The van der Waals surface area contributed by atoms with Crippen LogP contribution in [0.4, 0.5) is 0 Å². The van der Waals surface area contributed by atoms with Crippen molar-refractivity contribution in [2.24, 2.45) is 0 Å². The third-order valence-electron chi connectivity index (χ3n) is 3.47. The molecule has 0 amide bonds. The summed E-state index contributed by atoms with van der Waals surface area (Å²) in [5.41, 5.74) is 1.57. The maximum atomic E-state index is 12.9. The van der Waals surface area contributed by atoms with E-state index in [1.54, 1.807) is 26.0 Å². The second-order valence-electron chi connectivity index (χ2n) is 5.28. The number of hydrogen-bond acceptors (Lipinski definition) is 5. The van der Waals surface area contributed by atoms with Crippen LogP contribution in [0.3, 0.4) is 0 Å². The van der Waals surface area contributed by atoms with E-state index in [4.69, 9.17) is 9.05 Å². The number of rotatable bonds is 10. The van der Waals surface area contributed by atoms with Crippen molar-refractivity contribution in [1.29, 1.82) is 0 Å². The lowest BCUT2D eigenvalue weighted by Crippen LogP contribution is -2.06. The van der Waals surface area contributed by atoms with E-state index in [0.29, 0.717) is 18.8 Å². The first-order valence-electron chi connectivity index (χ1n) is 8.28. The smallest absolute Gasteiger partial charge is 0.301 e. The number of carbonyl (C=O) groups excluding carboxylic acids is 1. The van der Waals surface area contributed by atoms with Crippen molar-refractivity contribution in [2.45, 2.75) is 25.5 Å². The first-order chi connectivity index (χ1) is 12.1. The van der Waals surface area contributed by atoms with Crippen LogP contribution in [0.25, 0.3) is 0 Å². The van der Waals surface area contributed by atoms with Crippen molar-refractivity contribution in [3.8, 4) is 0 Å². The molecule has 2 aromatic rings. The Labute approximate surface area is 153 Å². The predicted molar refractivity (Wildman–Crippen MR) is 103 cm³/mol. The summed E-state index contributed by atoms with van der Waals surface area (Å²) >= 11 is 1.11. The number of benzene rings is 2. The highest BCUT2D eigenvalue weighted by Gasteiger charge is 2.32. The summed E-state index contributed by atoms with van der Waals surface area (Å²) in [6, 6.07) is 18.7. The minimum absolute atomic E-state index is 0.00139. The van der Waals surface area contributed by atoms with Gasteiger partial charge in [-0.25, -0.2) is 4.57 Å². The first-order valence-corrected chi connectivity index (χ1v) is 11.3. The van der Waals surface area contributed by atoms with E-state index in [9.17, 15) is 9.36 Å². The third kappa shape index (κ3) is 6.12. The Morgan fingerprint density at radius 3 is 2.00 bits per heavy atom. The molecule has 0 heterocycles. The predicted octanol–water partition coefficient (Wildman–Crippen LogP) is 5.92. The van der Waals surface area contributed by atoms with Gasteiger partial charge in [0.05, 0.1) is 13.2 Å². The van der Waals surface area contributed by atoms with Gasteiger partial charge in [0.25, 0.3) is 0 Å². The first kappa shape index (κ1) is 19.9. The molecule has 2 rings (SSSR count). The molecule has 0 aromatic heterocycles. The average molecular weight is 378 g/mol. The lowest BCUT2D eigenvalue weighted by molar-refractivity contribution is 0.0982. The van der Waals surface area contributed by atoms with Crippen molar-refractivity contribution in [3.05, 3.63) is 71.8 Å². The normalized spacial score (nSPS) is 12.7. The number of ketones is 1. The molecule has 2 aromatic carbocycles. The summed E-state index contributed by atoms with van der Waals surface area (Å²) in [5.74, 6) is 0.00139. The van der Waals surface area contributed by atoms with Crippen LogP contribution in [-0.4, -0.2) is 19.0 Å². The average Bonchev–Trinajstić information content (AvgIpc) is 2.63. The maximum absolute atomic E-state index is 12.9. The fourth-order valence-corrected chi connectivity index (χ4v) is 6.53. The van der Waals surface area contributed by atoms with E-state index in [1.165, 1.54) is 0 Å². The van der Waals surface area contributed by atoms with Crippen LogP contribution in [0.1, 0.15) is 41.4 Å². The van der Waals surface area contributed by atoms with E-state index in [1.807, 2.05) is 48.5 Å². The summed E-state index contributed by atoms with van der Waals surface area (Å²) in [6.45, 7) is 0.809. The van der Waals surface area contributed by atoms with Gasteiger partial charge >= 0.3 is 6.80 Å². The molecule has 0 saturated carbocycles. The molecule has 0 aliphatic carbocycles. The summed E-state index contributed by atoms with van der Waals surface area (Å²) in [4.78, 5) is 12.6. The fourth-order valence-electron chi connectivity index (χ4n) is 2.36. The van der Waals surface area contributed by atoms with E-state index in [2.05, 4.69) is 0 Å². The van der Waals surface area contributed by atoms with Gasteiger partial charge in [0.2, 0.25) is 0 Å². The van der Waals surface area contributed by atoms with Gasteiger partial charge in [-0.3, -0.25) is 4.79 Å². The summed E-state index contributed by atoms with van der Waals surface area (Å²) in [5, 5.41) is -0.308. The quantitative estimate of drug-likeness (QED) is 0.380. The summed E-state index contributed by atoms with van der Waals surface area (Å²) < 4.78 is 23.7. The lowest BCUT2D eigenvalue weighted by Gasteiger charge is -2.22. The zero-order valence-electron chi connectivity index (χ0n) is 14.5. The summed E-state index contributed by atoms with van der Waals surface area (Å²) in [7, 11) is 0. The number of carbonyl (C=O) groups is 1. The van der Waals surface area contributed by atoms with Crippen LogP contribution in [-0.2, 0) is 13.6 Å². The van der Waals surface area contributed by atoms with Gasteiger partial charge in [-0.1, -0.05) is 60.7 Å². The van der Waals surface area contributed by atoms with Crippen LogP contribution in [0.15, 0.2) is 60.7 Å². The van der Waals surface area contributed by atoms with Gasteiger partial charge in [0, 0.05) is 17.2 Å². The molecule has 0 N–H and O–H groups in total. The van der Waals surface area contributed by atoms with Crippen LogP contribution >= 0.6 is 18.2 Å². The van der Waals surface area contributed by atoms with Crippen LogP contribution < -0.4 is 0 Å². The lowest BCUT2D eigenvalue weighted by atomic mass is 10.0. The molecule has 0 saturated heterocycles. The van der Waals surface area contributed by atoms with Gasteiger partial charge in [-0.05, 0) is 30.8 Å². The van der Waals surface area contributed by atoms with Gasteiger partial charge in [-0.15, -0.1) is 0 Å². The van der Waals surface area contributed by atoms with Crippen LogP contribution in [0.2, 0.25) is 0 Å². The van der Waals surface area contributed by atoms with E-state index in [0.717, 1.165) is 16.9 Å². The number of Topliss-reactive ketones (excluding diaryl/α,β-unsaturated/α-hetero) is 1. The molecule has 6 heteroatoms. The second-order valence-corrected chi connectivity index (χ2v) is 9.45. The molecule has 0 radical (unpaired) electrons. The standard InChI is InChI=1S/C19H23O4PS/c1-3-22-24(21,23-4-2)25-19(17-13-9-6-10-14-17)15-18(20)16-11-7-5-8-12-16/h5-14,19H,3-4,15H2,1-2H3/t19-/m1/s1. The zero-order chi connectivity index (χ0) is 18.1. The molecule has 0 spiro atoms. The van der Waals surface area contributed by atoms with Gasteiger partial charge in [0.1, 0.15) is 0 Å². The minimum Gasteiger partial charge on any atom is -0.301 e. The molecule has 25 heavy (non-hydrogen) atoms. The molecular weight excluding hydrogens is 355 g/mol. The molecule has 4 nitrogen and oxygen atoms in total. The van der Waals surface area contributed by atoms with Crippen molar-refractivity contribution < 1.29 is 18.4 Å². The molecule has 0 aliphatic heterocycles. The largest absolute Gasteiger partial charge is 0.389 e. The Bertz CT molecular complexity index is 696. The Hall–Kier alpha value is -1.39. The summed E-state index contributed by atoms with van der Waals surface area (Å²) in [6.07, 6.45) is 0.225. The van der Waals surface area contributed by atoms with Gasteiger partial charge < -0.3 is 9.05 Å². The third-order valence-corrected chi connectivity index (χ3v) is 7.74. The molecule has 0 unspecified atom stereocenters.